The number of nitro groups is 1. The molecule has 0 fully saturated rings. The van der Waals surface area contributed by atoms with Crippen molar-refractivity contribution >= 4 is 27.4 Å². The van der Waals surface area contributed by atoms with Gasteiger partial charge in [0.2, 0.25) is 0 Å². The summed E-state index contributed by atoms with van der Waals surface area (Å²) in [5.41, 5.74) is 1.74. The van der Waals surface area contributed by atoms with Crippen molar-refractivity contribution < 1.29 is 17.9 Å². The molecule has 1 aromatic heterocycles. The van der Waals surface area contributed by atoms with Crippen molar-refractivity contribution in [2.24, 2.45) is 5.84 Å². The number of benzene rings is 1. The summed E-state index contributed by atoms with van der Waals surface area (Å²) in [6, 6.07) is 2.93. The molecule has 0 saturated heterocycles. The SMILES string of the molecule is Cc1noc(NS(=O)(=O)c2ccc(NN)cc2[N+](=O)[O-])n1. The molecule has 112 valence electrons. The van der Waals surface area contributed by atoms with Gasteiger partial charge in [-0.2, -0.15) is 4.98 Å². The Morgan fingerprint density at radius 2 is 2.14 bits per heavy atom. The Morgan fingerprint density at radius 3 is 2.67 bits per heavy atom. The largest absolute Gasteiger partial charge is 0.335 e. The first kappa shape index (κ1) is 14.7. The molecule has 21 heavy (non-hydrogen) atoms. The summed E-state index contributed by atoms with van der Waals surface area (Å²) in [5.74, 6) is 5.35. The predicted molar refractivity (Wildman–Crippen MR) is 70.8 cm³/mol. The quantitative estimate of drug-likeness (QED) is 0.401. The number of aryl methyl sites for hydroxylation is 1. The van der Waals surface area contributed by atoms with Gasteiger partial charge in [0.05, 0.1) is 10.6 Å². The van der Waals surface area contributed by atoms with E-state index in [0.29, 0.717) is 0 Å². The monoisotopic (exact) mass is 314 g/mol. The normalized spacial score (nSPS) is 11.1. The van der Waals surface area contributed by atoms with Crippen molar-refractivity contribution in [1.82, 2.24) is 10.1 Å². The van der Waals surface area contributed by atoms with E-state index >= 15 is 0 Å². The van der Waals surface area contributed by atoms with Gasteiger partial charge in [-0.15, -0.1) is 0 Å². The molecule has 0 bridgehead atoms. The Labute approximate surface area is 118 Å². The fourth-order valence-electron chi connectivity index (χ4n) is 1.49. The molecule has 0 spiro atoms. The van der Waals surface area contributed by atoms with E-state index in [1.165, 1.54) is 13.0 Å². The molecule has 0 aliphatic carbocycles. The minimum absolute atomic E-state index is 0.189. The molecular formula is C9H10N6O5S. The molecule has 1 heterocycles. The lowest BCUT2D eigenvalue weighted by atomic mass is 10.3. The van der Waals surface area contributed by atoms with Gasteiger partial charge in [0.25, 0.3) is 15.7 Å². The number of rotatable bonds is 5. The summed E-state index contributed by atoms with van der Waals surface area (Å²) < 4.78 is 30.9. The van der Waals surface area contributed by atoms with Crippen LogP contribution in [0.1, 0.15) is 5.82 Å². The molecule has 0 aliphatic heterocycles. The van der Waals surface area contributed by atoms with Crippen molar-refractivity contribution in [2.45, 2.75) is 11.8 Å². The number of hydrazine groups is 1. The zero-order valence-electron chi connectivity index (χ0n) is 10.6. The van der Waals surface area contributed by atoms with Gasteiger partial charge in [0, 0.05) is 6.07 Å². The van der Waals surface area contributed by atoms with Crippen LogP contribution in [0.2, 0.25) is 0 Å². The average molecular weight is 314 g/mol. The van der Waals surface area contributed by atoms with Crippen LogP contribution in [0.5, 0.6) is 0 Å². The summed E-state index contributed by atoms with van der Waals surface area (Å²) in [4.78, 5) is 13.3. The molecule has 1 aromatic carbocycles. The number of hydrogen-bond donors (Lipinski definition) is 3. The van der Waals surface area contributed by atoms with Crippen LogP contribution in [0.3, 0.4) is 0 Å². The van der Waals surface area contributed by atoms with E-state index in [9.17, 15) is 18.5 Å². The highest BCUT2D eigenvalue weighted by atomic mass is 32.2. The molecule has 0 saturated carbocycles. The molecule has 2 rings (SSSR count). The van der Waals surface area contributed by atoms with E-state index in [2.05, 4.69) is 20.1 Å². The third kappa shape index (κ3) is 3.06. The minimum Gasteiger partial charge on any atom is -0.324 e. The van der Waals surface area contributed by atoms with Crippen LogP contribution in [-0.2, 0) is 10.0 Å². The second-order valence-electron chi connectivity index (χ2n) is 3.84. The average Bonchev–Trinajstić information content (AvgIpc) is 2.82. The Morgan fingerprint density at radius 1 is 1.43 bits per heavy atom. The zero-order chi connectivity index (χ0) is 15.6. The van der Waals surface area contributed by atoms with Crippen molar-refractivity contribution in [2.75, 3.05) is 10.1 Å². The maximum atomic E-state index is 12.1. The summed E-state index contributed by atoms with van der Waals surface area (Å²) >= 11 is 0. The Kier molecular flexibility index (Phi) is 3.73. The highest BCUT2D eigenvalue weighted by Crippen LogP contribution is 2.28. The molecule has 12 heteroatoms. The smallest absolute Gasteiger partial charge is 0.324 e. The number of anilines is 2. The number of nitrogens with one attached hydrogen (secondary N) is 2. The second-order valence-corrected chi connectivity index (χ2v) is 5.49. The van der Waals surface area contributed by atoms with Crippen molar-refractivity contribution in [3.63, 3.8) is 0 Å². The van der Waals surface area contributed by atoms with E-state index < -0.39 is 25.5 Å². The van der Waals surface area contributed by atoms with Crippen LogP contribution >= 0.6 is 0 Å². The number of hydrogen-bond acceptors (Lipinski definition) is 9. The van der Waals surface area contributed by atoms with Crippen LogP contribution < -0.4 is 16.0 Å². The molecule has 2 aromatic rings. The topological polar surface area (TPSA) is 166 Å². The fraction of sp³-hybridized carbons (Fsp3) is 0.111. The zero-order valence-corrected chi connectivity index (χ0v) is 11.4. The van der Waals surface area contributed by atoms with E-state index in [4.69, 9.17) is 5.84 Å². The maximum absolute atomic E-state index is 12.1. The number of nitrogen functional groups attached to an aromatic ring is 1. The Bertz CT molecular complexity index is 786. The lowest BCUT2D eigenvalue weighted by Crippen LogP contribution is -2.15. The third-order valence-electron chi connectivity index (χ3n) is 2.36. The molecule has 11 nitrogen and oxygen atoms in total. The first-order valence-corrected chi connectivity index (χ1v) is 6.90. The Balaban J connectivity index is 2.46. The lowest BCUT2D eigenvalue weighted by Gasteiger charge is -2.06. The van der Waals surface area contributed by atoms with E-state index in [1.807, 2.05) is 4.72 Å². The summed E-state index contributed by atoms with van der Waals surface area (Å²) in [5, 5.41) is 14.4. The van der Waals surface area contributed by atoms with Gasteiger partial charge in [0.15, 0.2) is 10.7 Å². The summed E-state index contributed by atoms with van der Waals surface area (Å²) in [6.07, 6.45) is 0. The van der Waals surface area contributed by atoms with Gasteiger partial charge < -0.3 is 9.95 Å². The van der Waals surface area contributed by atoms with Gasteiger partial charge in [-0.1, -0.05) is 5.16 Å². The molecule has 0 amide bonds. The minimum atomic E-state index is -4.26. The number of nitrogens with zero attached hydrogens (tertiary/aromatic N) is 3. The van der Waals surface area contributed by atoms with Crippen molar-refractivity contribution in [1.29, 1.82) is 0 Å². The number of sulfonamides is 1. The van der Waals surface area contributed by atoms with Crippen LogP contribution in [0.25, 0.3) is 0 Å². The highest BCUT2D eigenvalue weighted by Gasteiger charge is 2.27. The molecule has 0 atom stereocenters. The molecular weight excluding hydrogens is 304 g/mol. The first-order valence-electron chi connectivity index (χ1n) is 5.41. The first-order chi connectivity index (χ1) is 9.83. The Hall–Kier alpha value is -2.73. The number of nitrogens with two attached hydrogens (primary N) is 1. The van der Waals surface area contributed by atoms with Crippen LogP contribution in [0.15, 0.2) is 27.6 Å². The molecule has 0 aliphatic rings. The van der Waals surface area contributed by atoms with Crippen molar-refractivity contribution in [3.05, 3.63) is 34.1 Å². The third-order valence-corrected chi connectivity index (χ3v) is 3.73. The van der Waals surface area contributed by atoms with Gasteiger partial charge in [-0.05, 0) is 19.1 Å². The van der Waals surface area contributed by atoms with E-state index in [-0.39, 0.29) is 17.5 Å². The van der Waals surface area contributed by atoms with E-state index in [1.54, 1.807) is 0 Å². The van der Waals surface area contributed by atoms with Crippen LogP contribution in [0, 0.1) is 17.0 Å². The predicted octanol–water partition coefficient (Wildman–Crippen LogP) is 0.373. The molecule has 4 N–H and O–H groups in total. The maximum Gasteiger partial charge on any atom is 0.335 e. The molecule has 0 unspecified atom stereocenters. The van der Waals surface area contributed by atoms with Gasteiger partial charge in [0.1, 0.15) is 0 Å². The fourth-order valence-corrected chi connectivity index (χ4v) is 2.56. The summed E-state index contributed by atoms with van der Waals surface area (Å²) in [6.45, 7) is 1.49. The summed E-state index contributed by atoms with van der Waals surface area (Å²) in [7, 11) is -4.26. The molecule has 0 radical (unpaired) electrons. The number of nitro benzene ring substituents is 1. The van der Waals surface area contributed by atoms with Gasteiger partial charge >= 0.3 is 6.01 Å². The second kappa shape index (κ2) is 5.34. The number of aromatic nitrogens is 2. The highest BCUT2D eigenvalue weighted by molar-refractivity contribution is 7.92. The van der Waals surface area contributed by atoms with E-state index in [0.717, 1.165) is 12.1 Å². The van der Waals surface area contributed by atoms with Crippen molar-refractivity contribution in [3.8, 4) is 0 Å². The van der Waals surface area contributed by atoms with Gasteiger partial charge in [-0.25, -0.2) is 13.1 Å². The van der Waals surface area contributed by atoms with Crippen LogP contribution in [0.4, 0.5) is 17.4 Å². The van der Waals surface area contributed by atoms with Crippen LogP contribution in [-0.4, -0.2) is 23.5 Å². The van der Waals surface area contributed by atoms with Gasteiger partial charge in [-0.3, -0.25) is 16.0 Å². The standard InChI is InChI=1S/C9H10N6O5S/c1-5-11-9(20-13-5)14-21(18,19)8-3-2-6(12-10)4-7(8)15(16)17/h2-4,12H,10H2,1H3,(H,11,13,14). The lowest BCUT2D eigenvalue weighted by molar-refractivity contribution is -0.387.